The van der Waals surface area contributed by atoms with E-state index in [1.54, 1.807) is 32.7 Å². The largest absolute Gasteiger partial charge is 0.493 e. The first-order chi connectivity index (χ1) is 20.5. The van der Waals surface area contributed by atoms with Crippen molar-refractivity contribution < 1.29 is 24.1 Å². The molecule has 1 aliphatic rings. The number of methoxy groups -OCH3 is 3. The number of aliphatic hydroxyl groups is 1. The number of amides is 1. The molecule has 7 nitrogen and oxygen atoms in total. The number of benzene rings is 3. The first kappa shape index (κ1) is 27.9. The lowest BCUT2D eigenvalue weighted by Gasteiger charge is -2.26. The number of aromatic nitrogens is 1. The summed E-state index contributed by atoms with van der Waals surface area (Å²) in [5, 5.41) is 16.6. The number of para-hydroxylation sites is 1. The van der Waals surface area contributed by atoms with Crippen molar-refractivity contribution in [1.29, 1.82) is 0 Å². The number of aryl methyl sites for hydroxylation is 2. The second kappa shape index (κ2) is 11.5. The highest BCUT2D eigenvalue weighted by Gasteiger charge is 2.29. The highest BCUT2D eigenvalue weighted by molar-refractivity contribution is 7.13. The summed E-state index contributed by atoms with van der Waals surface area (Å²) in [5.41, 5.74) is 8.79. The molecule has 6 rings (SSSR count). The SMILES string of the molecule is COc1cc2c(c(OC)c1OC)CCc1cc(-c3sccc3C)c(C(=O)N[C@@H](CO)Cc3c[nH]c4ccccc34)cc1-2. The Morgan fingerprint density at radius 2 is 1.81 bits per heavy atom. The Labute approximate surface area is 249 Å². The van der Waals surface area contributed by atoms with E-state index < -0.39 is 6.04 Å². The molecule has 0 bridgehead atoms. The lowest BCUT2D eigenvalue weighted by Crippen LogP contribution is -2.39. The molecular weight excluding hydrogens is 548 g/mol. The van der Waals surface area contributed by atoms with Gasteiger partial charge in [-0.1, -0.05) is 18.2 Å². The number of fused-ring (bicyclic) bond motifs is 4. The summed E-state index contributed by atoms with van der Waals surface area (Å²) in [7, 11) is 4.85. The molecule has 1 aliphatic carbocycles. The number of thiophene rings is 1. The Morgan fingerprint density at radius 3 is 2.52 bits per heavy atom. The number of nitrogens with one attached hydrogen (secondary N) is 2. The van der Waals surface area contributed by atoms with E-state index in [0.29, 0.717) is 29.2 Å². The maximum absolute atomic E-state index is 14.1. The fourth-order valence-electron chi connectivity index (χ4n) is 6.08. The third-order valence-electron chi connectivity index (χ3n) is 8.16. The second-order valence-corrected chi connectivity index (χ2v) is 11.5. The van der Waals surface area contributed by atoms with Crippen LogP contribution in [-0.2, 0) is 19.3 Å². The number of aromatic amines is 1. The summed E-state index contributed by atoms with van der Waals surface area (Å²) < 4.78 is 17.1. The molecule has 0 aliphatic heterocycles. The normalized spacial score (nSPS) is 12.9. The second-order valence-electron chi connectivity index (χ2n) is 10.6. The van der Waals surface area contributed by atoms with Gasteiger partial charge in [-0.15, -0.1) is 11.3 Å². The summed E-state index contributed by atoms with van der Waals surface area (Å²) in [5.74, 6) is 1.57. The molecule has 5 aromatic rings. The number of H-pyrrole nitrogens is 1. The fraction of sp³-hybridized carbons (Fsp3) is 0.265. The van der Waals surface area contributed by atoms with Crippen LogP contribution in [-0.4, -0.2) is 50.0 Å². The smallest absolute Gasteiger partial charge is 0.252 e. The Hall–Kier alpha value is -4.27. The average Bonchev–Trinajstić information content (AvgIpc) is 3.64. The Kier molecular flexibility index (Phi) is 7.66. The van der Waals surface area contributed by atoms with Crippen LogP contribution in [0.25, 0.3) is 32.5 Å². The van der Waals surface area contributed by atoms with Gasteiger partial charge in [-0.05, 0) is 89.7 Å². The van der Waals surface area contributed by atoms with Crippen LogP contribution in [0.2, 0.25) is 0 Å². The van der Waals surface area contributed by atoms with Gasteiger partial charge in [-0.3, -0.25) is 4.79 Å². The van der Waals surface area contributed by atoms with E-state index in [9.17, 15) is 9.90 Å². The van der Waals surface area contributed by atoms with E-state index in [2.05, 4.69) is 34.7 Å². The van der Waals surface area contributed by atoms with Crippen molar-refractivity contribution in [2.75, 3.05) is 27.9 Å². The van der Waals surface area contributed by atoms with Crippen molar-refractivity contribution in [1.82, 2.24) is 10.3 Å². The van der Waals surface area contributed by atoms with Gasteiger partial charge in [0.15, 0.2) is 11.5 Å². The van der Waals surface area contributed by atoms with Gasteiger partial charge in [0.2, 0.25) is 5.75 Å². The van der Waals surface area contributed by atoms with Gasteiger partial charge in [-0.25, -0.2) is 0 Å². The molecule has 1 atom stereocenters. The molecule has 2 heterocycles. The predicted molar refractivity (Wildman–Crippen MR) is 167 cm³/mol. The van der Waals surface area contributed by atoms with Crippen LogP contribution in [0, 0.1) is 6.92 Å². The molecule has 3 aromatic carbocycles. The number of hydrogen-bond donors (Lipinski definition) is 3. The average molecular weight is 583 g/mol. The Bertz CT molecular complexity index is 1790. The van der Waals surface area contributed by atoms with Crippen molar-refractivity contribution in [3.8, 4) is 38.8 Å². The van der Waals surface area contributed by atoms with Gasteiger partial charge < -0.3 is 29.6 Å². The first-order valence-electron chi connectivity index (χ1n) is 14.0. The zero-order valence-electron chi connectivity index (χ0n) is 24.2. The minimum absolute atomic E-state index is 0.180. The van der Waals surface area contributed by atoms with Crippen molar-refractivity contribution in [3.63, 3.8) is 0 Å². The minimum atomic E-state index is -0.457. The van der Waals surface area contributed by atoms with Crippen molar-refractivity contribution in [3.05, 3.63) is 87.9 Å². The molecule has 8 heteroatoms. The zero-order chi connectivity index (χ0) is 29.4. The van der Waals surface area contributed by atoms with E-state index >= 15 is 0 Å². The summed E-state index contributed by atoms with van der Waals surface area (Å²) in [6, 6.07) is 15.8. The summed E-state index contributed by atoms with van der Waals surface area (Å²) in [6.07, 6.45) is 4.02. The highest BCUT2D eigenvalue weighted by Crippen LogP contribution is 2.49. The minimum Gasteiger partial charge on any atom is -0.493 e. The molecule has 0 saturated carbocycles. The standard InChI is InChI=1S/C34H34N2O5S/c1-19-11-12-42-33(19)27-14-20-9-10-24-26(16-30(39-2)32(41-4)31(24)40-3)25(20)15-28(27)34(38)36-22(18-37)13-21-17-35-29-8-6-5-7-23(21)29/h5-8,11-12,14-17,22,35,37H,9-10,13,18H2,1-4H3,(H,36,38)/t22-/m1/s1. The number of hydrogen-bond acceptors (Lipinski definition) is 6. The number of ether oxygens (including phenoxy) is 3. The van der Waals surface area contributed by atoms with Crippen LogP contribution in [0.4, 0.5) is 0 Å². The molecule has 0 fully saturated rings. The molecule has 0 spiro atoms. The van der Waals surface area contributed by atoms with Crippen LogP contribution < -0.4 is 19.5 Å². The highest BCUT2D eigenvalue weighted by atomic mass is 32.1. The van der Waals surface area contributed by atoms with Gasteiger partial charge in [0.05, 0.1) is 34.0 Å². The molecule has 0 saturated heterocycles. The Morgan fingerprint density at radius 1 is 1.00 bits per heavy atom. The van der Waals surface area contributed by atoms with E-state index in [1.807, 2.05) is 42.6 Å². The van der Waals surface area contributed by atoms with Crippen LogP contribution in [0.5, 0.6) is 17.2 Å². The van der Waals surface area contributed by atoms with E-state index in [-0.39, 0.29) is 12.5 Å². The van der Waals surface area contributed by atoms with Crippen molar-refractivity contribution in [2.45, 2.75) is 32.2 Å². The number of carbonyl (C=O) groups excluding carboxylic acids is 1. The quantitative estimate of drug-likeness (QED) is 0.189. The molecule has 216 valence electrons. The summed E-state index contributed by atoms with van der Waals surface area (Å²) >= 11 is 1.63. The monoisotopic (exact) mass is 582 g/mol. The molecule has 0 radical (unpaired) electrons. The van der Waals surface area contributed by atoms with Crippen LogP contribution >= 0.6 is 11.3 Å². The number of carbonyl (C=O) groups is 1. The van der Waals surface area contributed by atoms with E-state index in [1.165, 1.54) is 0 Å². The van der Waals surface area contributed by atoms with Crippen LogP contribution in [0.1, 0.15) is 32.6 Å². The number of rotatable bonds is 9. The molecule has 42 heavy (non-hydrogen) atoms. The third kappa shape index (κ3) is 4.80. The molecule has 2 aromatic heterocycles. The topological polar surface area (TPSA) is 92.8 Å². The van der Waals surface area contributed by atoms with E-state index in [0.717, 1.165) is 67.6 Å². The van der Waals surface area contributed by atoms with Gasteiger partial charge in [0.25, 0.3) is 5.91 Å². The molecule has 1 amide bonds. The lowest BCUT2D eigenvalue weighted by molar-refractivity contribution is 0.0917. The van der Waals surface area contributed by atoms with Crippen LogP contribution in [0.15, 0.2) is 60.1 Å². The molecule has 3 N–H and O–H groups in total. The maximum atomic E-state index is 14.1. The van der Waals surface area contributed by atoms with Gasteiger partial charge in [0.1, 0.15) is 0 Å². The van der Waals surface area contributed by atoms with Crippen molar-refractivity contribution in [2.24, 2.45) is 0 Å². The Balaban J connectivity index is 1.43. The third-order valence-corrected chi connectivity index (χ3v) is 9.21. The van der Waals surface area contributed by atoms with Gasteiger partial charge >= 0.3 is 0 Å². The van der Waals surface area contributed by atoms with Crippen molar-refractivity contribution >= 4 is 28.1 Å². The summed E-state index contributed by atoms with van der Waals surface area (Å²) in [4.78, 5) is 18.4. The van der Waals surface area contributed by atoms with E-state index in [4.69, 9.17) is 14.2 Å². The fourth-order valence-corrected chi connectivity index (χ4v) is 7.04. The van der Waals surface area contributed by atoms with Gasteiger partial charge in [-0.2, -0.15) is 0 Å². The molecule has 0 unspecified atom stereocenters. The zero-order valence-corrected chi connectivity index (χ0v) is 25.0. The predicted octanol–water partition coefficient (Wildman–Crippen LogP) is 6.33. The maximum Gasteiger partial charge on any atom is 0.252 e. The lowest BCUT2D eigenvalue weighted by atomic mass is 9.82. The number of aliphatic hydroxyl groups excluding tert-OH is 1. The van der Waals surface area contributed by atoms with Crippen LogP contribution in [0.3, 0.4) is 0 Å². The first-order valence-corrected chi connectivity index (χ1v) is 14.9. The van der Waals surface area contributed by atoms with Gasteiger partial charge in [0, 0.05) is 38.7 Å². The summed E-state index contributed by atoms with van der Waals surface area (Å²) in [6.45, 7) is 1.89. The molecular formula is C34H34N2O5S.